The van der Waals surface area contributed by atoms with Crippen molar-refractivity contribution >= 4 is 23.5 Å². The molecule has 0 unspecified atom stereocenters. The number of carbonyl (C=O) groups is 1. The average molecular weight is 350 g/mol. The predicted octanol–water partition coefficient (Wildman–Crippen LogP) is 2.04. The fourth-order valence-corrected chi connectivity index (χ4v) is 3.81. The van der Waals surface area contributed by atoms with Crippen LogP contribution in [0.2, 0.25) is 5.02 Å². The van der Waals surface area contributed by atoms with Crippen LogP contribution in [-0.4, -0.2) is 71.0 Å². The highest BCUT2D eigenvalue weighted by Gasteiger charge is 2.33. The van der Waals surface area contributed by atoms with Crippen LogP contribution in [0.25, 0.3) is 0 Å². The van der Waals surface area contributed by atoms with E-state index < -0.39 is 0 Å². The summed E-state index contributed by atoms with van der Waals surface area (Å²) in [5.41, 5.74) is 0.354. The first kappa shape index (κ1) is 16.1. The minimum Gasteiger partial charge on any atom is -0.341 e. The van der Waals surface area contributed by atoms with E-state index in [0.717, 1.165) is 58.2 Å². The molecule has 0 spiro atoms. The zero-order valence-corrected chi connectivity index (χ0v) is 14.7. The molecule has 3 fully saturated rings. The van der Waals surface area contributed by atoms with E-state index in [1.165, 1.54) is 19.3 Å². The van der Waals surface area contributed by atoms with Crippen LogP contribution >= 0.6 is 11.6 Å². The summed E-state index contributed by atoms with van der Waals surface area (Å²) < 4.78 is 0. The lowest BCUT2D eigenvalue weighted by atomic mass is 10.1. The summed E-state index contributed by atoms with van der Waals surface area (Å²) in [5.74, 6) is 0.579. The van der Waals surface area contributed by atoms with Gasteiger partial charge in [0.15, 0.2) is 5.69 Å². The smallest absolute Gasteiger partial charge is 0.274 e. The Morgan fingerprint density at radius 3 is 2.42 bits per heavy atom. The second-order valence-electron chi connectivity index (χ2n) is 6.97. The Labute approximate surface area is 147 Å². The van der Waals surface area contributed by atoms with Crippen molar-refractivity contribution in [2.45, 2.75) is 38.1 Å². The van der Waals surface area contributed by atoms with Gasteiger partial charge < -0.3 is 9.80 Å². The molecule has 24 heavy (non-hydrogen) atoms. The van der Waals surface area contributed by atoms with E-state index in [-0.39, 0.29) is 5.91 Å². The average Bonchev–Trinajstić information content (AvgIpc) is 3.48. The Balaban J connectivity index is 1.46. The van der Waals surface area contributed by atoms with Crippen LogP contribution in [0.1, 0.15) is 42.6 Å². The van der Waals surface area contributed by atoms with E-state index in [9.17, 15) is 4.79 Å². The van der Waals surface area contributed by atoms with Crippen LogP contribution in [-0.2, 0) is 0 Å². The number of piperazine rings is 1. The van der Waals surface area contributed by atoms with Crippen LogP contribution in [0.4, 0.5) is 5.95 Å². The number of rotatable bonds is 3. The number of nitrogens with zero attached hydrogens (tertiary/aromatic N) is 5. The quantitative estimate of drug-likeness (QED) is 0.835. The molecule has 2 saturated heterocycles. The van der Waals surface area contributed by atoms with Crippen molar-refractivity contribution in [2.75, 3.05) is 44.2 Å². The van der Waals surface area contributed by atoms with Gasteiger partial charge in [-0.3, -0.25) is 9.69 Å². The molecule has 1 saturated carbocycles. The highest BCUT2D eigenvalue weighted by Crippen LogP contribution is 2.28. The van der Waals surface area contributed by atoms with E-state index in [1.54, 1.807) is 6.20 Å². The molecule has 0 aromatic carbocycles. The fraction of sp³-hybridized carbons (Fsp3) is 0.706. The van der Waals surface area contributed by atoms with Crippen LogP contribution in [0.3, 0.4) is 0 Å². The van der Waals surface area contributed by atoms with Gasteiger partial charge in [0.2, 0.25) is 5.95 Å². The zero-order valence-electron chi connectivity index (χ0n) is 14.0. The minimum absolute atomic E-state index is 0.0592. The molecule has 3 aliphatic rings. The molecule has 1 aliphatic carbocycles. The lowest BCUT2D eigenvalue weighted by Crippen LogP contribution is -2.49. The van der Waals surface area contributed by atoms with Gasteiger partial charge in [-0.25, -0.2) is 9.97 Å². The van der Waals surface area contributed by atoms with Crippen molar-refractivity contribution in [3.8, 4) is 0 Å². The molecule has 2 aliphatic heterocycles. The molecule has 4 rings (SSSR count). The van der Waals surface area contributed by atoms with E-state index in [4.69, 9.17) is 11.6 Å². The topological polar surface area (TPSA) is 52.6 Å². The highest BCUT2D eigenvalue weighted by atomic mass is 35.5. The van der Waals surface area contributed by atoms with Crippen molar-refractivity contribution in [3.05, 3.63) is 16.9 Å². The maximum atomic E-state index is 12.9. The maximum Gasteiger partial charge on any atom is 0.274 e. The zero-order chi connectivity index (χ0) is 16.5. The Bertz CT molecular complexity index is 607. The molecule has 7 heteroatoms. The molecular formula is C17H24ClN5O. The number of hydrogen-bond acceptors (Lipinski definition) is 5. The molecule has 1 aromatic rings. The number of carbonyl (C=O) groups excluding carboxylic acids is 1. The Morgan fingerprint density at radius 1 is 1.04 bits per heavy atom. The molecule has 130 valence electrons. The molecule has 1 amide bonds. The second-order valence-corrected chi connectivity index (χ2v) is 7.38. The number of anilines is 1. The summed E-state index contributed by atoms with van der Waals surface area (Å²) >= 11 is 6.24. The summed E-state index contributed by atoms with van der Waals surface area (Å²) in [6.07, 6.45) is 7.75. The van der Waals surface area contributed by atoms with Gasteiger partial charge in [0.1, 0.15) is 0 Å². The van der Waals surface area contributed by atoms with Crippen molar-refractivity contribution in [3.63, 3.8) is 0 Å². The Hall–Kier alpha value is -1.40. The number of hydrogen-bond donors (Lipinski definition) is 0. The predicted molar refractivity (Wildman–Crippen MR) is 93.6 cm³/mol. The summed E-state index contributed by atoms with van der Waals surface area (Å²) in [6, 6.07) is 0.760. The largest absolute Gasteiger partial charge is 0.341 e. The van der Waals surface area contributed by atoms with Crippen molar-refractivity contribution in [1.82, 2.24) is 19.8 Å². The molecule has 0 radical (unpaired) electrons. The van der Waals surface area contributed by atoms with Crippen LogP contribution in [0, 0.1) is 0 Å². The van der Waals surface area contributed by atoms with E-state index in [0.29, 0.717) is 16.7 Å². The van der Waals surface area contributed by atoms with Gasteiger partial charge in [-0.05, 0) is 32.1 Å². The van der Waals surface area contributed by atoms with Gasteiger partial charge in [0.05, 0.1) is 11.2 Å². The molecule has 0 atom stereocenters. The third kappa shape index (κ3) is 3.35. The van der Waals surface area contributed by atoms with Gasteiger partial charge >= 0.3 is 0 Å². The first-order chi connectivity index (χ1) is 11.7. The van der Waals surface area contributed by atoms with Gasteiger partial charge in [0, 0.05) is 45.3 Å². The molecule has 0 N–H and O–H groups in total. The number of aromatic nitrogens is 2. The Kier molecular flexibility index (Phi) is 4.59. The van der Waals surface area contributed by atoms with Gasteiger partial charge in [-0.15, -0.1) is 0 Å². The van der Waals surface area contributed by atoms with Crippen molar-refractivity contribution in [1.29, 1.82) is 0 Å². The maximum absolute atomic E-state index is 12.9. The van der Waals surface area contributed by atoms with E-state index in [2.05, 4.69) is 19.8 Å². The molecule has 6 nitrogen and oxygen atoms in total. The first-order valence-electron chi connectivity index (χ1n) is 9.03. The van der Waals surface area contributed by atoms with Crippen molar-refractivity contribution in [2.24, 2.45) is 0 Å². The van der Waals surface area contributed by atoms with Crippen molar-refractivity contribution < 1.29 is 4.79 Å². The van der Waals surface area contributed by atoms with Gasteiger partial charge in [0.25, 0.3) is 5.91 Å². The van der Waals surface area contributed by atoms with Crippen LogP contribution in [0.5, 0.6) is 0 Å². The number of piperidine rings is 1. The third-order valence-corrected chi connectivity index (χ3v) is 5.51. The summed E-state index contributed by atoms with van der Waals surface area (Å²) in [5, 5.41) is 0.352. The first-order valence-corrected chi connectivity index (χ1v) is 9.41. The minimum atomic E-state index is -0.0592. The summed E-state index contributed by atoms with van der Waals surface area (Å²) in [6.45, 7) is 5.34. The highest BCUT2D eigenvalue weighted by molar-refractivity contribution is 6.33. The summed E-state index contributed by atoms with van der Waals surface area (Å²) in [4.78, 5) is 28.2. The second kappa shape index (κ2) is 6.84. The summed E-state index contributed by atoms with van der Waals surface area (Å²) in [7, 11) is 0. The normalized spacial score (nSPS) is 22.7. The number of halogens is 1. The van der Waals surface area contributed by atoms with E-state index >= 15 is 0 Å². The monoisotopic (exact) mass is 349 g/mol. The SMILES string of the molecule is O=C(c1nc(N2CCCCC2)ncc1Cl)N1CCN(C2CC2)CC1. The Morgan fingerprint density at radius 2 is 1.75 bits per heavy atom. The molecule has 0 bridgehead atoms. The van der Waals surface area contributed by atoms with Crippen LogP contribution < -0.4 is 4.90 Å². The third-order valence-electron chi connectivity index (χ3n) is 5.24. The van der Waals surface area contributed by atoms with Gasteiger partial charge in [-0.2, -0.15) is 0 Å². The van der Waals surface area contributed by atoms with E-state index in [1.807, 2.05) is 4.90 Å². The molecular weight excluding hydrogens is 326 g/mol. The molecule has 3 heterocycles. The lowest BCUT2D eigenvalue weighted by Gasteiger charge is -2.35. The standard InChI is InChI=1S/C17H24ClN5O/c18-14-12-19-17(23-6-2-1-3-7-23)20-15(14)16(24)22-10-8-21(9-11-22)13-4-5-13/h12-13H,1-11H2. The number of amides is 1. The van der Waals surface area contributed by atoms with Gasteiger partial charge in [-0.1, -0.05) is 11.6 Å². The fourth-order valence-electron chi connectivity index (χ4n) is 3.63. The lowest BCUT2D eigenvalue weighted by molar-refractivity contribution is 0.0621. The molecule has 1 aromatic heterocycles. The van der Waals surface area contributed by atoms with Crippen LogP contribution in [0.15, 0.2) is 6.20 Å².